The van der Waals surface area contributed by atoms with Crippen LogP contribution in [0.15, 0.2) is 388 Å². The summed E-state index contributed by atoms with van der Waals surface area (Å²) in [7, 11) is 0. The van der Waals surface area contributed by atoms with Crippen LogP contribution in [0.2, 0.25) is 0 Å². The summed E-state index contributed by atoms with van der Waals surface area (Å²) >= 11 is 6.59. The molecular formula is C120H121ClF3NO24. The molecule has 17 rings (SSSR count). The van der Waals surface area contributed by atoms with E-state index in [-0.39, 0.29) is 117 Å². The first kappa shape index (κ1) is 108. The second-order valence-corrected chi connectivity index (χ2v) is 36.7. The van der Waals surface area contributed by atoms with Crippen molar-refractivity contribution in [3.8, 4) is 0 Å². The van der Waals surface area contributed by atoms with E-state index >= 15 is 4.79 Å². The maximum atomic E-state index is 15.9. The van der Waals surface area contributed by atoms with Gasteiger partial charge in [-0.05, 0) is 97.4 Å². The van der Waals surface area contributed by atoms with Gasteiger partial charge < -0.3 is 105 Å². The first-order chi connectivity index (χ1) is 73.2. The highest BCUT2D eigenvalue weighted by molar-refractivity contribution is 6.26. The molecule has 20 atom stereocenters. The van der Waals surface area contributed by atoms with Gasteiger partial charge in [-0.15, -0.1) is 11.6 Å². The lowest BCUT2D eigenvalue weighted by Crippen LogP contribution is -2.69. The maximum absolute atomic E-state index is 15.9. The first-order valence-corrected chi connectivity index (χ1v) is 50.5. The van der Waals surface area contributed by atoms with Crippen LogP contribution in [-0.4, -0.2) is 186 Å². The summed E-state index contributed by atoms with van der Waals surface area (Å²) in [6, 6.07) is 119. The van der Waals surface area contributed by atoms with Crippen LogP contribution in [0.25, 0.3) is 0 Å². The van der Waals surface area contributed by atoms with Crippen molar-refractivity contribution in [2.75, 3.05) is 44.2 Å². The van der Waals surface area contributed by atoms with Crippen molar-refractivity contribution in [3.05, 3.63) is 461 Å². The Bertz CT molecular complexity index is 6060. The van der Waals surface area contributed by atoms with Gasteiger partial charge in [-0.3, -0.25) is 9.59 Å². The Morgan fingerprint density at radius 3 is 0.846 bits per heavy atom. The number of carbonyl (C=O) groups excluding carboxylic acids is 3. The number of esters is 2. The fourth-order valence-corrected chi connectivity index (χ4v) is 18.1. The first-order valence-electron chi connectivity index (χ1n) is 49.9. The summed E-state index contributed by atoms with van der Waals surface area (Å²) in [6.07, 6.45) is -33.7. The van der Waals surface area contributed by atoms with Crippen LogP contribution in [0, 0.1) is 0 Å². The molecule has 4 heterocycles. The van der Waals surface area contributed by atoms with Gasteiger partial charge in [0.15, 0.2) is 37.4 Å². The van der Waals surface area contributed by atoms with Crippen LogP contribution < -0.4 is 5.32 Å². The molecule has 1 amide bonds. The number of rotatable bonds is 52. The number of halogens is 4. The largest absolute Gasteiger partial charge is 0.471 e. The average Bonchev–Trinajstić information content (AvgIpc) is 0.762. The van der Waals surface area contributed by atoms with Gasteiger partial charge in [0, 0.05) is 5.69 Å². The molecule has 29 heteroatoms. The highest BCUT2D eigenvalue weighted by atomic mass is 35.5. The minimum Gasteiger partial charge on any atom is -0.453 e. The second kappa shape index (κ2) is 56.5. The molecular weight excluding hydrogens is 1930 g/mol. The Balaban J connectivity index is 0.866. The molecule has 0 saturated carbocycles. The summed E-state index contributed by atoms with van der Waals surface area (Å²) in [6.45, 7) is -1.45. The monoisotopic (exact) mass is 2050 g/mol. The number of hydrogen-bond acceptors (Lipinski definition) is 24. The molecule has 25 nitrogen and oxygen atoms in total. The molecule has 0 bridgehead atoms. The molecule has 1 N–H and O–H groups in total. The zero-order chi connectivity index (χ0) is 102. The number of hydrogen-bond donors (Lipinski definition) is 1. The smallest absolute Gasteiger partial charge is 0.453 e. The molecule has 149 heavy (non-hydrogen) atoms. The summed E-state index contributed by atoms with van der Waals surface area (Å²) in [4.78, 5) is 42.9. The normalized spacial score (nSPS) is 23.9. The number of ether oxygens (including phenoxy) is 21. The van der Waals surface area contributed by atoms with E-state index in [1.54, 1.807) is 42.5 Å². The number of anilines is 1. The van der Waals surface area contributed by atoms with Gasteiger partial charge in [-0.2, -0.15) is 13.2 Å². The summed E-state index contributed by atoms with van der Waals surface area (Å²) < 4.78 is 196. The third kappa shape index (κ3) is 32.1. The van der Waals surface area contributed by atoms with Crippen molar-refractivity contribution in [3.63, 3.8) is 0 Å². The number of carbonyl (C=O) groups is 3. The highest BCUT2D eigenvalue weighted by Gasteiger charge is 2.60. The molecule has 0 spiro atoms. The van der Waals surface area contributed by atoms with Gasteiger partial charge >= 0.3 is 24.0 Å². The van der Waals surface area contributed by atoms with Crippen molar-refractivity contribution in [2.45, 2.75) is 208 Å². The topological polar surface area (TPSA) is 257 Å². The Labute approximate surface area is 870 Å². The maximum Gasteiger partial charge on any atom is 0.471 e. The minimum absolute atomic E-state index is 0.00266. The molecule has 0 aliphatic carbocycles. The van der Waals surface area contributed by atoms with Crippen LogP contribution in [0.3, 0.4) is 0 Å². The molecule has 0 radical (unpaired) electrons. The Morgan fingerprint density at radius 2 is 0.517 bits per heavy atom. The fraction of sp³-hybridized carbons (Fsp3) is 0.325. The van der Waals surface area contributed by atoms with E-state index in [9.17, 15) is 22.8 Å². The van der Waals surface area contributed by atoms with E-state index < -0.39 is 159 Å². The SMILES string of the molecule is O=C(CCl)O[C@@H]1[C@@H](OC[C@H]2O[C@H](OCCc3ccc(NC(=O)C(F)(F)F)cc3)[C@H](OCc3ccccc3)[C@@H](O[C@@H]3O[C@H](COCc4ccccc4)[C@@H](OCc4ccccc4)[C@H](OCc4ccccc4)[C@H]3OCc3ccccc3)[C@@H]2O[C@@H]2O[C@H](COCc3ccccc3)[C@@H](OCc3ccccc3)[C@H](OCc3ccccc3)[C@H]2OC(=O)c2ccccc2)O[C@@H](COCc2ccccc2)[C@H](OCc2ccccc2)[C@H]1OCc1ccccc1. The molecule has 4 fully saturated rings. The van der Waals surface area contributed by atoms with Crippen LogP contribution in [0.1, 0.15) is 77.1 Å². The number of amides is 1. The van der Waals surface area contributed by atoms with Gasteiger partial charge in [-0.25, -0.2) is 4.79 Å². The van der Waals surface area contributed by atoms with E-state index in [0.29, 0.717) is 11.1 Å². The zero-order valence-corrected chi connectivity index (χ0v) is 82.8. The van der Waals surface area contributed by atoms with Crippen molar-refractivity contribution < 1.29 is 127 Å². The fourth-order valence-electron chi connectivity index (χ4n) is 18.1. The van der Waals surface area contributed by atoms with E-state index in [4.69, 9.17) is 111 Å². The molecule has 778 valence electrons. The van der Waals surface area contributed by atoms with Crippen molar-refractivity contribution in [1.82, 2.24) is 0 Å². The van der Waals surface area contributed by atoms with Crippen molar-refractivity contribution >= 4 is 35.1 Å². The number of nitrogens with one attached hydrogen (secondary N) is 1. The van der Waals surface area contributed by atoms with Crippen LogP contribution in [-0.2, 0) is 188 Å². The van der Waals surface area contributed by atoms with Gasteiger partial charge in [-0.1, -0.05) is 364 Å². The second-order valence-electron chi connectivity index (χ2n) is 36.4. The lowest BCUT2D eigenvalue weighted by Gasteiger charge is -2.52. The highest BCUT2D eigenvalue weighted by Crippen LogP contribution is 2.42. The summed E-state index contributed by atoms with van der Waals surface area (Å²) in [5.74, 6) is -4.51. The predicted octanol–water partition coefficient (Wildman–Crippen LogP) is 20.1. The molecule has 13 aromatic rings. The van der Waals surface area contributed by atoms with Gasteiger partial charge in [0.2, 0.25) is 0 Å². The van der Waals surface area contributed by atoms with E-state index in [1.165, 1.54) is 12.1 Å². The quantitative estimate of drug-likeness (QED) is 0.0274. The van der Waals surface area contributed by atoms with Gasteiger partial charge in [0.25, 0.3) is 0 Å². The van der Waals surface area contributed by atoms with Crippen LogP contribution in [0.5, 0.6) is 0 Å². The third-order valence-electron chi connectivity index (χ3n) is 25.6. The number of benzene rings is 13. The van der Waals surface area contributed by atoms with Gasteiger partial charge in [0.05, 0.1) is 111 Å². The van der Waals surface area contributed by atoms with E-state index in [2.05, 4.69) is 0 Å². The Hall–Kier alpha value is -12.4. The molecule has 13 aromatic carbocycles. The third-order valence-corrected chi connectivity index (χ3v) is 25.8. The van der Waals surface area contributed by atoms with Crippen molar-refractivity contribution in [1.29, 1.82) is 0 Å². The average molecular weight is 2050 g/mol. The molecule has 4 aliphatic heterocycles. The summed E-state index contributed by atoms with van der Waals surface area (Å²) in [5.41, 5.74) is 9.19. The van der Waals surface area contributed by atoms with Gasteiger partial charge in [0.1, 0.15) is 91.3 Å². The molecule has 0 aromatic heterocycles. The lowest BCUT2D eigenvalue weighted by molar-refractivity contribution is -0.401. The van der Waals surface area contributed by atoms with Crippen LogP contribution >= 0.6 is 11.6 Å². The van der Waals surface area contributed by atoms with Crippen LogP contribution in [0.4, 0.5) is 18.9 Å². The van der Waals surface area contributed by atoms with E-state index in [0.717, 1.165) is 55.6 Å². The Morgan fingerprint density at radius 1 is 0.255 bits per heavy atom. The van der Waals surface area contributed by atoms with Crippen molar-refractivity contribution in [2.24, 2.45) is 0 Å². The molecule has 4 aliphatic rings. The number of alkyl halides is 4. The predicted molar refractivity (Wildman–Crippen MR) is 546 cm³/mol. The molecule has 0 unspecified atom stereocenters. The standard InChI is InChI=1S/C120H121ClF3NO24/c121-67-101(126)146-112-107(137-75-91-51-27-8-28-52-91)103(134-72-88-45-21-5-22-46-88)97(79-129-68-84-37-13-1-14-38-84)142-116(112)141-82-100-105(148-118-113(147-114(127)95-59-35-12-36-60-95)108(138-76-92-53-29-9-30-54-92)104(135-73-89-47-23-6-24-48-89)99(145-118)81-131-70-86-41-17-3-18-42-86)109(111(140-78-94-57-33-11-34-58-94)115(143-100)132-66-65-83-61-63-96(64-62-83)125-119(128)120(122,123)124)149-117-110(139-77-93-55-31-10-32-56-93)106(136-74-90-49-25-7-26-50-90)102(133-71-87-43-19-4-20-44-87)98(144-117)80-130-69-85-39-15-2-16-40-85/h1-64,97-100,102-113,115-118H,65-82H2,(H,125,128)/t97-,98+,99+,100+,102+,103-,104+,105+,106-,107+,108-,109-,110+,111+,112-,113+,115-,116-,117-,118-/m0/s1. The van der Waals surface area contributed by atoms with E-state index in [1.807, 2.05) is 339 Å². The lowest BCUT2D eigenvalue weighted by atomic mass is 9.94. The zero-order valence-electron chi connectivity index (χ0n) is 82.0. The molecule has 4 saturated heterocycles. The summed E-state index contributed by atoms with van der Waals surface area (Å²) in [5, 5.41) is 1.94. The minimum atomic E-state index is -5.18. The Kier molecular flexibility index (Phi) is 40.9.